The summed E-state index contributed by atoms with van der Waals surface area (Å²) in [4.78, 5) is 13.4. The Kier molecular flexibility index (Phi) is 1.65. The smallest absolute Gasteiger partial charge is 0.152 e. The van der Waals surface area contributed by atoms with Crippen LogP contribution in [0.25, 0.3) is 10.9 Å². The van der Waals surface area contributed by atoms with Gasteiger partial charge in [-0.05, 0) is 24.6 Å². The van der Waals surface area contributed by atoms with Gasteiger partial charge in [-0.3, -0.25) is 4.79 Å². The van der Waals surface area contributed by atoms with Crippen LogP contribution >= 0.6 is 0 Å². The molecule has 1 heterocycles. The van der Waals surface area contributed by atoms with Crippen LogP contribution in [0.2, 0.25) is 0 Å². The first kappa shape index (κ1) is 7.98. The lowest BCUT2D eigenvalue weighted by atomic mass is 10.1. The zero-order valence-corrected chi connectivity index (χ0v) is 7.10. The molecule has 2 aromatic rings. The molecule has 0 spiro atoms. The van der Waals surface area contributed by atoms with Gasteiger partial charge in [0.15, 0.2) is 6.29 Å². The Morgan fingerprint density at radius 1 is 1.46 bits per heavy atom. The Labute approximate surface area is 74.4 Å². The topological polar surface area (TPSA) is 32.9 Å². The van der Waals surface area contributed by atoms with Crippen molar-refractivity contribution in [2.75, 3.05) is 0 Å². The molecule has 0 atom stereocenters. The summed E-state index contributed by atoms with van der Waals surface area (Å²) < 4.78 is 13.1. The van der Waals surface area contributed by atoms with Crippen LogP contribution in [0.3, 0.4) is 0 Å². The van der Waals surface area contributed by atoms with E-state index >= 15 is 0 Å². The molecule has 1 aromatic heterocycles. The van der Waals surface area contributed by atoms with E-state index in [1.807, 2.05) is 0 Å². The molecule has 0 bridgehead atoms. The van der Waals surface area contributed by atoms with Gasteiger partial charge in [-0.25, -0.2) is 4.39 Å². The second-order valence-electron chi connectivity index (χ2n) is 3.01. The molecule has 0 unspecified atom stereocenters. The van der Waals surface area contributed by atoms with E-state index in [2.05, 4.69) is 4.98 Å². The first-order chi connectivity index (χ1) is 6.22. The van der Waals surface area contributed by atoms with Gasteiger partial charge in [0.05, 0.1) is 0 Å². The molecule has 0 radical (unpaired) electrons. The molecule has 1 N–H and O–H groups in total. The maximum Gasteiger partial charge on any atom is 0.152 e. The summed E-state index contributed by atoms with van der Waals surface area (Å²) in [5.74, 6) is -0.258. The van der Waals surface area contributed by atoms with Crippen molar-refractivity contribution in [3.05, 3.63) is 35.3 Å². The summed E-state index contributed by atoms with van der Waals surface area (Å²) in [6, 6.07) is 3.07. The number of nitrogens with one attached hydrogen (secondary N) is 1. The monoisotopic (exact) mass is 177 g/mol. The fourth-order valence-electron chi connectivity index (χ4n) is 1.37. The van der Waals surface area contributed by atoms with Gasteiger partial charge in [0.1, 0.15) is 5.82 Å². The Balaban J connectivity index is 2.84. The first-order valence-electron chi connectivity index (χ1n) is 3.95. The Bertz CT molecular complexity index is 473. The fraction of sp³-hybridized carbons (Fsp3) is 0.100. The number of aldehydes is 1. The second-order valence-corrected chi connectivity index (χ2v) is 3.01. The lowest BCUT2D eigenvalue weighted by Crippen LogP contribution is -1.82. The molecular formula is C10H8FNO. The van der Waals surface area contributed by atoms with Crippen LogP contribution in [0.1, 0.15) is 15.9 Å². The van der Waals surface area contributed by atoms with E-state index < -0.39 is 0 Å². The molecule has 0 fully saturated rings. The number of hydrogen-bond acceptors (Lipinski definition) is 1. The third kappa shape index (κ3) is 1.13. The van der Waals surface area contributed by atoms with Gasteiger partial charge in [0.25, 0.3) is 0 Å². The number of benzene rings is 1. The van der Waals surface area contributed by atoms with Crippen LogP contribution < -0.4 is 0 Å². The van der Waals surface area contributed by atoms with Gasteiger partial charge < -0.3 is 4.98 Å². The van der Waals surface area contributed by atoms with Crippen molar-refractivity contribution in [3.63, 3.8) is 0 Å². The highest BCUT2D eigenvalue weighted by atomic mass is 19.1. The maximum atomic E-state index is 13.1. The van der Waals surface area contributed by atoms with Crippen LogP contribution in [-0.2, 0) is 0 Å². The average Bonchev–Trinajstić information content (AvgIpc) is 2.48. The van der Waals surface area contributed by atoms with E-state index in [0.717, 1.165) is 11.7 Å². The minimum atomic E-state index is -0.258. The van der Waals surface area contributed by atoms with Crippen molar-refractivity contribution in [1.29, 1.82) is 0 Å². The van der Waals surface area contributed by atoms with Crippen molar-refractivity contribution in [2.45, 2.75) is 6.92 Å². The third-order valence-corrected chi connectivity index (χ3v) is 2.12. The van der Waals surface area contributed by atoms with Crippen LogP contribution in [0.5, 0.6) is 0 Å². The van der Waals surface area contributed by atoms with Gasteiger partial charge in [0, 0.05) is 22.7 Å². The van der Waals surface area contributed by atoms with Crippen LogP contribution in [0.15, 0.2) is 18.3 Å². The fourth-order valence-corrected chi connectivity index (χ4v) is 1.37. The van der Waals surface area contributed by atoms with Gasteiger partial charge in [-0.1, -0.05) is 0 Å². The van der Waals surface area contributed by atoms with E-state index in [4.69, 9.17) is 0 Å². The number of aryl methyl sites for hydroxylation is 1. The van der Waals surface area contributed by atoms with Crippen molar-refractivity contribution in [1.82, 2.24) is 4.98 Å². The molecule has 0 aliphatic carbocycles. The van der Waals surface area contributed by atoms with Crippen LogP contribution in [0, 0.1) is 12.7 Å². The molecule has 1 aromatic carbocycles. The van der Waals surface area contributed by atoms with Gasteiger partial charge in [-0.2, -0.15) is 0 Å². The van der Waals surface area contributed by atoms with E-state index in [0.29, 0.717) is 16.6 Å². The number of carbonyl (C=O) groups excluding carboxylic acids is 1. The molecule has 0 aliphatic heterocycles. The van der Waals surface area contributed by atoms with Crippen LogP contribution in [0.4, 0.5) is 4.39 Å². The number of halogens is 1. The Hall–Kier alpha value is -1.64. The van der Waals surface area contributed by atoms with E-state index in [-0.39, 0.29) is 5.82 Å². The SMILES string of the molecule is Cc1cc2c(C=O)c[nH]c2cc1F. The van der Waals surface area contributed by atoms with Crippen molar-refractivity contribution in [2.24, 2.45) is 0 Å². The summed E-state index contributed by atoms with van der Waals surface area (Å²) in [6.07, 6.45) is 2.34. The number of aromatic nitrogens is 1. The van der Waals surface area contributed by atoms with Crippen molar-refractivity contribution < 1.29 is 9.18 Å². The van der Waals surface area contributed by atoms with E-state index in [9.17, 15) is 9.18 Å². The van der Waals surface area contributed by atoms with Crippen molar-refractivity contribution >= 4 is 17.2 Å². The summed E-state index contributed by atoms with van der Waals surface area (Å²) >= 11 is 0. The quantitative estimate of drug-likeness (QED) is 0.666. The summed E-state index contributed by atoms with van der Waals surface area (Å²) in [5, 5.41) is 0.772. The molecule has 0 saturated carbocycles. The highest BCUT2D eigenvalue weighted by molar-refractivity contribution is 5.97. The van der Waals surface area contributed by atoms with E-state index in [1.54, 1.807) is 19.2 Å². The highest BCUT2D eigenvalue weighted by Gasteiger charge is 2.05. The normalized spacial score (nSPS) is 10.6. The standard InChI is InChI=1S/C10H8FNO/c1-6-2-8-7(5-13)4-12-10(8)3-9(6)11/h2-5,12H,1H3. The minimum Gasteiger partial charge on any atom is -0.360 e. The first-order valence-corrected chi connectivity index (χ1v) is 3.95. The number of rotatable bonds is 1. The minimum absolute atomic E-state index is 0.258. The summed E-state index contributed by atoms with van der Waals surface area (Å²) in [5.41, 5.74) is 1.78. The molecule has 13 heavy (non-hydrogen) atoms. The Morgan fingerprint density at radius 2 is 2.23 bits per heavy atom. The molecule has 2 nitrogen and oxygen atoms in total. The Morgan fingerprint density at radius 3 is 2.92 bits per heavy atom. The second kappa shape index (κ2) is 2.69. The molecule has 2 rings (SSSR count). The highest BCUT2D eigenvalue weighted by Crippen LogP contribution is 2.20. The molecular weight excluding hydrogens is 169 g/mol. The number of carbonyl (C=O) groups is 1. The molecule has 0 aliphatic rings. The number of aromatic amines is 1. The maximum absolute atomic E-state index is 13.1. The number of fused-ring (bicyclic) bond motifs is 1. The number of H-pyrrole nitrogens is 1. The predicted molar refractivity (Wildman–Crippen MR) is 48.4 cm³/mol. The number of hydrogen-bond donors (Lipinski definition) is 1. The summed E-state index contributed by atoms with van der Waals surface area (Å²) in [7, 11) is 0. The third-order valence-electron chi connectivity index (χ3n) is 2.12. The molecule has 0 saturated heterocycles. The molecule has 0 amide bonds. The van der Waals surface area contributed by atoms with Gasteiger partial charge >= 0.3 is 0 Å². The lowest BCUT2D eigenvalue weighted by molar-refractivity contribution is 0.112. The van der Waals surface area contributed by atoms with Gasteiger partial charge in [0.2, 0.25) is 0 Å². The average molecular weight is 177 g/mol. The predicted octanol–water partition coefficient (Wildman–Crippen LogP) is 2.43. The molecule has 3 heteroatoms. The van der Waals surface area contributed by atoms with E-state index in [1.165, 1.54) is 6.07 Å². The molecule has 66 valence electrons. The van der Waals surface area contributed by atoms with Gasteiger partial charge in [-0.15, -0.1) is 0 Å². The lowest BCUT2D eigenvalue weighted by Gasteiger charge is -1.96. The summed E-state index contributed by atoms with van der Waals surface area (Å²) in [6.45, 7) is 1.68. The zero-order valence-electron chi connectivity index (χ0n) is 7.10. The van der Waals surface area contributed by atoms with Crippen LogP contribution in [-0.4, -0.2) is 11.3 Å². The zero-order chi connectivity index (χ0) is 9.42. The van der Waals surface area contributed by atoms with Crippen molar-refractivity contribution in [3.8, 4) is 0 Å². The largest absolute Gasteiger partial charge is 0.360 e.